The van der Waals surface area contributed by atoms with Gasteiger partial charge in [-0.1, -0.05) is 12.1 Å². The van der Waals surface area contributed by atoms with E-state index in [1.54, 1.807) is 0 Å². The smallest absolute Gasteiger partial charge is 0.407 e. The molecule has 1 amide bonds. The van der Waals surface area contributed by atoms with Crippen LogP contribution in [-0.2, 0) is 6.42 Å². The van der Waals surface area contributed by atoms with Gasteiger partial charge < -0.3 is 15.0 Å². The summed E-state index contributed by atoms with van der Waals surface area (Å²) in [6.07, 6.45) is 1.94. The summed E-state index contributed by atoms with van der Waals surface area (Å²) in [4.78, 5) is 20.3. The second kappa shape index (κ2) is 4.91. The molecule has 5 heteroatoms. The molecular formula is C14H17N3O2. The number of para-hydroxylation sites is 2. The van der Waals surface area contributed by atoms with E-state index in [-0.39, 0.29) is 0 Å². The standard InChI is InChI=1S/C14H17N3O2/c18-14(19)17-7-5-10(6-8-17)9-13-15-11-3-1-2-4-12(11)16-13/h1-4,10H,5-9H2,(H,15,16)(H,18,19). The molecule has 3 rings (SSSR count). The Balaban J connectivity index is 1.64. The average Bonchev–Trinajstić information content (AvgIpc) is 2.81. The van der Waals surface area contributed by atoms with Crippen LogP contribution in [0.15, 0.2) is 24.3 Å². The van der Waals surface area contributed by atoms with Gasteiger partial charge in [-0.15, -0.1) is 0 Å². The van der Waals surface area contributed by atoms with E-state index in [4.69, 9.17) is 5.11 Å². The molecule has 1 aliphatic heterocycles. The largest absolute Gasteiger partial charge is 0.465 e. The highest BCUT2D eigenvalue weighted by molar-refractivity contribution is 5.74. The maximum Gasteiger partial charge on any atom is 0.407 e. The van der Waals surface area contributed by atoms with Crippen LogP contribution in [0.3, 0.4) is 0 Å². The Hall–Kier alpha value is -2.04. The third kappa shape index (κ3) is 2.54. The molecule has 0 bridgehead atoms. The molecule has 100 valence electrons. The lowest BCUT2D eigenvalue weighted by Crippen LogP contribution is -2.37. The minimum Gasteiger partial charge on any atom is -0.465 e. The molecule has 1 aromatic carbocycles. The predicted molar refractivity (Wildman–Crippen MR) is 72.1 cm³/mol. The van der Waals surface area contributed by atoms with Crippen molar-refractivity contribution < 1.29 is 9.90 Å². The number of amides is 1. The number of hydrogen-bond donors (Lipinski definition) is 2. The first kappa shape index (κ1) is 12.0. The molecule has 19 heavy (non-hydrogen) atoms. The summed E-state index contributed by atoms with van der Waals surface area (Å²) in [7, 11) is 0. The van der Waals surface area contributed by atoms with E-state index in [0.29, 0.717) is 19.0 Å². The number of carbonyl (C=O) groups is 1. The lowest BCUT2D eigenvalue weighted by atomic mass is 9.93. The number of aromatic nitrogens is 2. The monoisotopic (exact) mass is 259 g/mol. The molecule has 1 saturated heterocycles. The summed E-state index contributed by atoms with van der Waals surface area (Å²) in [6.45, 7) is 1.28. The van der Waals surface area contributed by atoms with E-state index in [1.165, 1.54) is 4.90 Å². The summed E-state index contributed by atoms with van der Waals surface area (Å²) in [5.74, 6) is 1.53. The summed E-state index contributed by atoms with van der Waals surface area (Å²) in [5, 5.41) is 8.92. The Morgan fingerprint density at radius 3 is 2.79 bits per heavy atom. The number of fused-ring (bicyclic) bond motifs is 1. The molecule has 2 N–H and O–H groups in total. The zero-order valence-corrected chi connectivity index (χ0v) is 10.7. The molecule has 1 aromatic heterocycles. The fourth-order valence-corrected chi connectivity index (χ4v) is 2.70. The number of nitrogens with one attached hydrogen (secondary N) is 1. The second-order valence-electron chi connectivity index (χ2n) is 5.12. The van der Waals surface area contributed by atoms with Crippen molar-refractivity contribution in [1.29, 1.82) is 0 Å². The highest BCUT2D eigenvalue weighted by Gasteiger charge is 2.23. The van der Waals surface area contributed by atoms with Crippen LogP contribution < -0.4 is 0 Å². The van der Waals surface area contributed by atoms with Crippen LogP contribution in [0.5, 0.6) is 0 Å². The van der Waals surface area contributed by atoms with Crippen molar-refractivity contribution in [2.45, 2.75) is 19.3 Å². The zero-order valence-electron chi connectivity index (χ0n) is 10.7. The van der Waals surface area contributed by atoms with Gasteiger partial charge in [-0.3, -0.25) is 0 Å². The van der Waals surface area contributed by atoms with Crippen molar-refractivity contribution in [2.75, 3.05) is 13.1 Å². The fourth-order valence-electron chi connectivity index (χ4n) is 2.70. The number of likely N-dealkylation sites (tertiary alicyclic amines) is 1. The van der Waals surface area contributed by atoms with E-state index < -0.39 is 6.09 Å². The van der Waals surface area contributed by atoms with Crippen LogP contribution in [0.4, 0.5) is 4.79 Å². The maximum absolute atomic E-state index is 10.8. The first-order valence-corrected chi connectivity index (χ1v) is 6.64. The van der Waals surface area contributed by atoms with E-state index in [1.807, 2.05) is 24.3 Å². The third-order valence-corrected chi connectivity index (χ3v) is 3.81. The molecule has 2 aromatic rings. The minimum absolute atomic E-state index is 0.524. The SMILES string of the molecule is O=C(O)N1CCC(Cc2nc3ccccc3[nH]2)CC1. The Kier molecular flexibility index (Phi) is 3.11. The van der Waals surface area contributed by atoms with Crippen LogP contribution in [0.25, 0.3) is 11.0 Å². The topological polar surface area (TPSA) is 69.2 Å². The Morgan fingerprint density at radius 2 is 2.11 bits per heavy atom. The number of rotatable bonds is 2. The number of benzene rings is 1. The number of carboxylic acid groups (broad SMARTS) is 1. The number of H-pyrrole nitrogens is 1. The summed E-state index contributed by atoms with van der Waals surface area (Å²) in [6, 6.07) is 8.01. The van der Waals surface area contributed by atoms with Crippen molar-refractivity contribution in [3.8, 4) is 0 Å². The normalized spacial score (nSPS) is 16.9. The zero-order chi connectivity index (χ0) is 13.2. The van der Waals surface area contributed by atoms with Gasteiger partial charge in [0.2, 0.25) is 0 Å². The van der Waals surface area contributed by atoms with Gasteiger partial charge in [0.05, 0.1) is 11.0 Å². The van der Waals surface area contributed by atoms with Crippen molar-refractivity contribution in [3.05, 3.63) is 30.1 Å². The molecule has 0 aliphatic carbocycles. The number of piperidine rings is 1. The Bertz CT molecular complexity index is 552. The quantitative estimate of drug-likeness (QED) is 0.870. The molecule has 1 aliphatic rings. The van der Waals surface area contributed by atoms with Crippen molar-refractivity contribution in [1.82, 2.24) is 14.9 Å². The molecule has 0 atom stereocenters. The molecule has 0 spiro atoms. The second-order valence-corrected chi connectivity index (χ2v) is 5.12. The van der Waals surface area contributed by atoms with Crippen LogP contribution >= 0.6 is 0 Å². The van der Waals surface area contributed by atoms with Crippen LogP contribution in [0.1, 0.15) is 18.7 Å². The molecule has 5 nitrogen and oxygen atoms in total. The maximum atomic E-state index is 10.8. The van der Waals surface area contributed by atoms with Crippen LogP contribution in [-0.4, -0.2) is 39.2 Å². The number of nitrogens with zero attached hydrogens (tertiary/aromatic N) is 2. The van der Waals surface area contributed by atoms with Gasteiger partial charge in [0.25, 0.3) is 0 Å². The van der Waals surface area contributed by atoms with E-state index >= 15 is 0 Å². The number of hydrogen-bond acceptors (Lipinski definition) is 2. The number of imidazole rings is 1. The predicted octanol–water partition coefficient (Wildman–Crippen LogP) is 2.50. The van der Waals surface area contributed by atoms with Crippen LogP contribution in [0, 0.1) is 5.92 Å². The first-order chi connectivity index (χ1) is 9.22. The van der Waals surface area contributed by atoms with Gasteiger partial charge >= 0.3 is 6.09 Å². The Labute approximate surface area is 111 Å². The molecule has 0 radical (unpaired) electrons. The Morgan fingerprint density at radius 1 is 1.37 bits per heavy atom. The summed E-state index contributed by atoms with van der Waals surface area (Å²) >= 11 is 0. The third-order valence-electron chi connectivity index (χ3n) is 3.81. The van der Waals surface area contributed by atoms with E-state index in [9.17, 15) is 4.79 Å². The van der Waals surface area contributed by atoms with Crippen molar-refractivity contribution in [2.24, 2.45) is 5.92 Å². The van der Waals surface area contributed by atoms with Crippen LogP contribution in [0.2, 0.25) is 0 Å². The van der Waals surface area contributed by atoms with Gasteiger partial charge in [0, 0.05) is 19.5 Å². The molecule has 0 unspecified atom stereocenters. The summed E-state index contributed by atoms with van der Waals surface area (Å²) in [5.41, 5.74) is 2.07. The van der Waals surface area contributed by atoms with Gasteiger partial charge in [0.15, 0.2) is 0 Å². The lowest BCUT2D eigenvalue weighted by molar-refractivity contribution is 0.124. The highest BCUT2D eigenvalue weighted by atomic mass is 16.4. The van der Waals surface area contributed by atoms with E-state index in [2.05, 4.69) is 9.97 Å². The van der Waals surface area contributed by atoms with Gasteiger partial charge in [-0.2, -0.15) is 0 Å². The van der Waals surface area contributed by atoms with Gasteiger partial charge in [-0.05, 0) is 30.9 Å². The fraction of sp³-hybridized carbons (Fsp3) is 0.429. The molecule has 1 fully saturated rings. The van der Waals surface area contributed by atoms with Crippen molar-refractivity contribution in [3.63, 3.8) is 0 Å². The van der Waals surface area contributed by atoms with Crippen molar-refractivity contribution >= 4 is 17.1 Å². The molecule has 0 saturated carbocycles. The van der Waals surface area contributed by atoms with E-state index in [0.717, 1.165) is 36.1 Å². The van der Waals surface area contributed by atoms with Gasteiger partial charge in [0.1, 0.15) is 5.82 Å². The first-order valence-electron chi connectivity index (χ1n) is 6.64. The minimum atomic E-state index is -0.804. The number of aromatic amines is 1. The molecular weight excluding hydrogens is 242 g/mol. The lowest BCUT2D eigenvalue weighted by Gasteiger charge is -2.29. The highest BCUT2D eigenvalue weighted by Crippen LogP contribution is 2.22. The summed E-state index contributed by atoms with van der Waals surface area (Å²) < 4.78 is 0. The average molecular weight is 259 g/mol. The van der Waals surface area contributed by atoms with Gasteiger partial charge in [-0.25, -0.2) is 9.78 Å². The molecule has 2 heterocycles.